The molecule has 7 heteroatoms. The normalized spacial score (nSPS) is 12.1. The molecule has 1 atom stereocenters. The minimum Gasteiger partial charge on any atom is -0.462 e. The number of carbonyl (C=O) groups is 2. The van der Waals surface area contributed by atoms with Gasteiger partial charge in [0.25, 0.3) is 0 Å². The molecule has 1 amide bonds. The Morgan fingerprint density at radius 1 is 1.39 bits per heavy atom. The summed E-state index contributed by atoms with van der Waals surface area (Å²) >= 11 is 4.74. The third kappa shape index (κ3) is 4.75. The van der Waals surface area contributed by atoms with Crippen LogP contribution in [0.4, 0.5) is 5.13 Å². The van der Waals surface area contributed by atoms with Gasteiger partial charge in [0.2, 0.25) is 5.91 Å². The van der Waals surface area contributed by atoms with Crippen LogP contribution in [-0.2, 0) is 9.53 Å². The molecule has 1 aromatic heterocycles. The Labute approximate surface area is 147 Å². The van der Waals surface area contributed by atoms with Gasteiger partial charge in [-0.1, -0.05) is 47.0 Å². The fraction of sp³-hybridized carbons (Fsp3) is 0.438. The molecule has 124 valence electrons. The van der Waals surface area contributed by atoms with Crippen molar-refractivity contribution in [2.45, 2.75) is 37.9 Å². The quantitative estimate of drug-likeness (QED) is 0.555. The zero-order chi connectivity index (χ0) is 16.8. The summed E-state index contributed by atoms with van der Waals surface area (Å²) in [6.07, 6.45) is 2.83. The molecule has 0 saturated carbocycles. The number of rotatable bonds is 7. The average Bonchev–Trinajstić information content (AvgIpc) is 2.93. The lowest BCUT2D eigenvalue weighted by Gasteiger charge is -2.07. The maximum Gasteiger partial charge on any atom is 0.338 e. The number of nitrogens with one attached hydrogen (secondary N) is 1. The van der Waals surface area contributed by atoms with Gasteiger partial charge in [-0.05, 0) is 31.5 Å². The second kappa shape index (κ2) is 8.40. The third-order valence-corrected chi connectivity index (χ3v) is 5.03. The standard InChI is InChI=1S/C16H19BrN2O3S/c1-3-5-6-11(17)14(20)19-16-18-12-8-7-10(9-13(12)23-16)15(21)22-4-2/h7-9,11H,3-6H2,1-2H3,(H,18,19,20)/t11-/m0/s1. The largest absolute Gasteiger partial charge is 0.462 e. The van der Waals surface area contributed by atoms with Crippen LogP contribution < -0.4 is 5.32 Å². The molecule has 0 unspecified atom stereocenters. The van der Waals surface area contributed by atoms with Gasteiger partial charge < -0.3 is 10.1 Å². The molecule has 2 aromatic rings. The number of amides is 1. The molecule has 0 aliphatic rings. The first-order valence-electron chi connectivity index (χ1n) is 7.57. The Bertz CT molecular complexity index is 702. The van der Waals surface area contributed by atoms with Gasteiger partial charge in [0.1, 0.15) is 0 Å². The number of halogens is 1. The van der Waals surface area contributed by atoms with Crippen molar-refractivity contribution in [3.05, 3.63) is 23.8 Å². The number of nitrogens with zero attached hydrogens (tertiary/aromatic N) is 1. The highest BCUT2D eigenvalue weighted by Gasteiger charge is 2.16. The predicted molar refractivity (Wildman–Crippen MR) is 96.4 cm³/mol. The SMILES string of the molecule is CCCC[C@H](Br)C(=O)Nc1nc2ccc(C(=O)OCC)cc2s1. The third-order valence-electron chi connectivity index (χ3n) is 3.23. The van der Waals surface area contributed by atoms with E-state index < -0.39 is 0 Å². The van der Waals surface area contributed by atoms with Crippen LogP contribution in [0.25, 0.3) is 10.2 Å². The van der Waals surface area contributed by atoms with E-state index in [9.17, 15) is 9.59 Å². The summed E-state index contributed by atoms with van der Waals surface area (Å²) in [5.41, 5.74) is 1.24. The second-order valence-corrected chi connectivity index (χ2v) is 7.16. The van der Waals surface area contributed by atoms with E-state index in [1.807, 2.05) is 0 Å². The maximum absolute atomic E-state index is 12.1. The molecule has 23 heavy (non-hydrogen) atoms. The fourth-order valence-corrected chi connectivity index (χ4v) is 3.36. The van der Waals surface area contributed by atoms with Crippen molar-refractivity contribution in [1.82, 2.24) is 4.98 Å². The lowest BCUT2D eigenvalue weighted by Crippen LogP contribution is -2.22. The van der Waals surface area contributed by atoms with Gasteiger partial charge >= 0.3 is 5.97 Å². The molecular weight excluding hydrogens is 380 g/mol. The molecular formula is C16H19BrN2O3S. The van der Waals surface area contributed by atoms with Crippen molar-refractivity contribution in [2.75, 3.05) is 11.9 Å². The van der Waals surface area contributed by atoms with E-state index in [1.54, 1.807) is 25.1 Å². The fourth-order valence-electron chi connectivity index (χ4n) is 2.02. The zero-order valence-corrected chi connectivity index (χ0v) is 15.5. The van der Waals surface area contributed by atoms with Crippen molar-refractivity contribution >= 4 is 54.5 Å². The molecule has 1 heterocycles. The van der Waals surface area contributed by atoms with E-state index >= 15 is 0 Å². The van der Waals surface area contributed by atoms with Crippen LogP contribution in [0, 0.1) is 0 Å². The lowest BCUT2D eigenvalue weighted by molar-refractivity contribution is -0.115. The van der Waals surface area contributed by atoms with E-state index in [0.29, 0.717) is 17.3 Å². The summed E-state index contributed by atoms with van der Waals surface area (Å²) < 4.78 is 5.82. The number of hydrogen-bond acceptors (Lipinski definition) is 5. The summed E-state index contributed by atoms with van der Waals surface area (Å²) in [4.78, 5) is 28.0. The van der Waals surface area contributed by atoms with E-state index in [4.69, 9.17) is 4.74 Å². The number of alkyl halides is 1. The summed E-state index contributed by atoms with van der Waals surface area (Å²) in [6.45, 7) is 4.20. The smallest absolute Gasteiger partial charge is 0.338 e. The molecule has 1 N–H and O–H groups in total. The molecule has 0 aliphatic heterocycles. The van der Waals surface area contributed by atoms with Gasteiger partial charge in [0, 0.05) is 0 Å². The van der Waals surface area contributed by atoms with Crippen molar-refractivity contribution in [1.29, 1.82) is 0 Å². The molecule has 0 saturated heterocycles. The zero-order valence-electron chi connectivity index (χ0n) is 13.1. The Hall–Kier alpha value is -1.47. The summed E-state index contributed by atoms with van der Waals surface area (Å²) in [7, 11) is 0. The van der Waals surface area contributed by atoms with Crippen LogP contribution in [0.5, 0.6) is 0 Å². The van der Waals surface area contributed by atoms with Gasteiger partial charge in [-0.3, -0.25) is 4.79 Å². The monoisotopic (exact) mass is 398 g/mol. The molecule has 2 rings (SSSR count). The highest BCUT2D eigenvalue weighted by molar-refractivity contribution is 9.10. The van der Waals surface area contributed by atoms with E-state index in [2.05, 4.69) is 33.2 Å². The van der Waals surface area contributed by atoms with E-state index in [1.165, 1.54) is 11.3 Å². The number of carbonyl (C=O) groups excluding carboxylic acids is 2. The number of benzene rings is 1. The molecule has 0 radical (unpaired) electrons. The number of unbranched alkanes of at least 4 members (excludes halogenated alkanes) is 1. The molecule has 5 nitrogen and oxygen atoms in total. The first-order valence-corrected chi connectivity index (χ1v) is 9.31. The second-order valence-electron chi connectivity index (χ2n) is 5.02. The first kappa shape index (κ1) is 17.9. The van der Waals surface area contributed by atoms with Crippen molar-refractivity contribution < 1.29 is 14.3 Å². The van der Waals surface area contributed by atoms with Gasteiger partial charge in [0.15, 0.2) is 5.13 Å². The van der Waals surface area contributed by atoms with Crippen molar-refractivity contribution in [3.8, 4) is 0 Å². The minimum absolute atomic E-state index is 0.0943. The van der Waals surface area contributed by atoms with E-state index in [0.717, 1.165) is 29.5 Å². The Morgan fingerprint density at radius 3 is 2.87 bits per heavy atom. The predicted octanol–water partition coefficient (Wildman–Crippen LogP) is 4.37. The first-order chi connectivity index (χ1) is 11.0. The van der Waals surface area contributed by atoms with Crippen molar-refractivity contribution in [2.24, 2.45) is 0 Å². The molecule has 0 fully saturated rings. The van der Waals surface area contributed by atoms with Crippen LogP contribution in [0.1, 0.15) is 43.5 Å². The van der Waals surface area contributed by atoms with Crippen LogP contribution in [0.3, 0.4) is 0 Å². The molecule has 0 bridgehead atoms. The molecule has 1 aromatic carbocycles. The van der Waals surface area contributed by atoms with E-state index in [-0.39, 0.29) is 16.7 Å². The number of hydrogen-bond donors (Lipinski definition) is 1. The lowest BCUT2D eigenvalue weighted by atomic mass is 10.2. The van der Waals surface area contributed by atoms with Crippen molar-refractivity contribution in [3.63, 3.8) is 0 Å². The van der Waals surface area contributed by atoms with Gasteiger partial charge in [-0.15, -0.1) is 0 Å². The molecule has 0 spiro atoms. The Morgan fingerprint density at radius 2 is 2.17 bits per heavy atom. The Balaban J connectivity index is 2.11. The van der Waals surface area contributed by atoms with Crippen LogP contribution in [0.2, 0.25) is 0 Å². The highest BCUT2D eigenvalue weighted by atomic mass is 79.9. The number of anilines is 1. The minimum atomic E-state index is -0.353. The Kier molecular flexibility index (Phi) is 6.53. The van der Waals surface area contributed by atoms with Crippen LogP contribution in [-0.4, -0.2) is 28.3 Å². The summed E-state index contributed by atoms with van der Waals surface area (Å²) in [5, 5.41) is 3.35. The van der Waals surface area contributed by atoms with Gasteiger partial charge in [-0.25, -0.2) is 9.78 Å². The van der Waals surface area contributed by atoms with Gasteiger partial charge in [-0.2, -0.15) is 0 Å². The number of aromatic nitrogens is 1. The number of fused-ring (bicyclic) bond motifs is 1. The summed E-state index contributed by atoms with van der Waals surface area (Å²) in [5.74, 6) is -0.448. The average molecular weight is 399 g/mol. The molecule has 0 aliphatic carbocycles. The topological polar surface area (TPSA) is 68.3 Å². The maximum atomic E-state index is 12.1. The highest BCUT2D eigenvalue weighted by Crippen LogP contribution is 2.27. The summed E-state index contributed by atoms with van der Waals surface area (Å²) in [6, 6.07) is 5.18. The van der Waals surface area contributed by atoms with Crippen LogP contribution >= 0.6 is 27.3 Å². The number of ether oxygens (including phenoxy) is 1. The van der Waals surface area contributed by atoms with Crippen LogP contribution in [0.15, 0.2) is 18.2 Å². The van der Waals surface area contributed by atoms with Gasteiger partial charge in [0.05, 0.1) is 27.2 Å². The number of esters is 1. The number of thiazole rings is 1.